The topological polar surface area (TPSA) is 63.1 Å². The molecule has 0 spiro atoms. The number of rotatable bonds is 9. The van der Waals surface area contributed by atoms with Gasteiger partial charge < -0.3 is 19.9 Å². The summed E-state index contributed by atoms with van der Waals surface area (Å²) in [4.78, 5) is 5.16. The van der Waals surface area contributed by atoms with Crippen LogP contribution in [-0.2, 0) is 9.47 Å². The van der Waals surface area contributed by atoms with Crippen molar-refractivity contribution < 1.29 is 14.6 Å². The molecule has 4 aliphatic rings. The van der Waals surface area contributed by atoms with Crippen LogP contribution in [0, 0.1) is 11.8 Å². The maximum Gasteiger partial charge on any atom is 0.230 e. The summed E-state index contributed by atoms with van der Waals surface area (Å²) in [6.07, 6.45) is 10.6. The van der Waals surface area contributed by atoms with Gasteiger partial charge >= 0.3 is 0 Å². The van der Waals surface area contributed by atoms with E-state index in [9.17, 15) is 5.11 Å². The summed E-state index contributed by atoms with van der Waals surface area (Å²) in [6.45, 7) is 10.4. The Morgan fingerprint density at radius 2 is 2.09 bits per heavy atom. The van der Waals surface area contributed by atoms with E-state index in [2.05, 4.69) is 31.7 Å². The van der Waals surface area contributed by atoms with Crippen molar-refractivity contribution in [1.82, 2.24) is 5.32 Å². The van der Waals surface area contributed by atoms with Crippen LogP contribution < -0.4 is 5.32 Å². The number of hydrogen-bond donors (Lipinski definition) is 2. The quantitative estimate of drug-likeness (QED) is 0.329. The van der Waals surface area contributed by atoms with Crippen LogP contribution in [0.5, 0.6) is 0 Å². The molecule has 7 heteroatoms. The van der Waals surface area contributed by atoms with E-state index in [1.807, 2.05) is 18.1 Å². The van der Waals surface area contributed by atoms with Gasteiger partial charge in [-0.05, 0) is 62.5 Å². The Morgan fingerprint density at radius 1 is 1.25 bits per heavy atom. The highest BCUT2D eigenvalue weighted by Gasteiger charge is 2.32. The molecule has 2 N–H and O–H groups in total. The maximum atomic E-state index is 9.87. The Hall–Kier alpha value is -1.98. The Bertz CT molecular complexity index is 827. The fraction of sp³-hybridized carbons (Fsp3) is 0.560. The number of aliphatic hydroxyl groups excluding tert-OH is 1. The van der Waals surface area contributed by atoms with E-state index in [0.717, 1.165) is 76.0 Å². The van der Waals surface area contributed by atoms with Crippen LogP contribution in [-0.4, -0.2) is 57.4 Å². The number of ether oxygens (including phenoxy) is 2. The molecule has 32 heavy (non-hydrogen) atoms. The van der Waals surface area contributed by atoms with Crippen LogP contribution in [0.3, 0.4) is 0 Å². The van der Waals surface area contributed by atoms with E-state index in [-0.39, 0.29) is 12.2 Å². The number of hydrogen-bond acceptors (Lipinski definition) is 5. The minimum Gasteiger partial charge on any atom is -0.523 e. The van der Waals surface area contributed by atoms with E-state index in [0.29, 0.717) is 17.5 Å². The Kier molecular flexibility index (Phi) is 8.15. The van der Waals surface area contributed by atoms with Crippen LogP contribution in [0.4, 0.5) is 0 Å². The van der Waals surface area contributed by atoms with Gasteiger partial charge in [-0.3, -0.25) is 4.99 Å². The molecule has 1 fully saturated rings. The van der Waals surface area contributed by atoms with Crippen LogP contribution in [0.15, 0.2) is 64.8 Å². The molecule has 4 rings (SSSR count). The predicted octanol–water partition coefficient (Wildman–Crippen LogP) is 4.00. The summed E-state index contributed by atoms with van der Waals surface area (Å²) in [5.74, 6) is 4.99. The second kappa shape index (κ2) is 11.2. The second-order valence-electron chi connectivity index (χ2n) is 9.13. The average Bonchev–Trinajstić information content (AvgIpc) is 3.25. The molecule has 0 bridgehead atoms. The van der Waals surface area contributed by atoms with E-state index >= 15 is 0 Å². The Balaban J connectivity index is 1.42. The van der Waals surface area contributed by atoms with Gasteiger partial charge in [0.25, 0.3) is 0 Å². The normalized spacial score (nSPS) is 28.6. The number of aliphatic imine (C=N–C) groups is 1. The summed E-state index contributed by atoms with van der Waals surface area (Å²) in [5, 5.41) is 13.5. The third-order valence-corrected chi connectivity index (χ3v) is 6.72. The van der Waals surface area contributed by atoms with Gasteiger partial charge in [0.2, 0.25) is 7.28 Å². The zero-order valence-corrected chi connectivity index (χ0v) is 19.0. The van der Waals surface area contributed by atoms with Gasteiger partial charge in [0.15, 0.2) is 7.28 Å². The number of aliphatic hydroxyl groups is 1. The van der Waals surface area contributed by atoms with Crippen molar-refractivity contribution in [2.24, 2.45) is 16.8 Å². The molecule has 3 unspecified atom stereocenters. The summed E-state index contributed by atoms with van der Waals surface area (Å²) < 4.78 is 11.5. The first-order valence-corrected chi connectivity index (χ1v) is 11.9. The third kappa shape index (κ3) is 6.08. The molecular weight excluding hydrogens is 398 g/mol. The lowest BCUT2D eigenvalue weighted by atomic mass is 9.64. The molecule has 5 nitrogen and oxygen atoms in total. The highest BCUT2D eigenvalue weighted by molar-refractivity contribution is 6.51. The first-order valence-electron chi connectivity index (χ1n) is 11.9. The van der Waals surface area contributed by atoms with Crippen LogP contribution >= 0.6 is 0 Å². The smallest absolute Gasteiger partial charge is 0.230 e. The molecule has 0 aromatic carbocycles. The molecule has 0 aromatic heterocycles. The van der Waals surface area contributed by atoms with Gasteiger partial charge in [0.05, 0.1) is 5.66 Å². The highest BCUT2D eigenvalue weighted by Crippen LogP contribution is 2.34. The van der Waals surface area contributed by atoms with Gasteiger partial charge in [-0.15, -0.1) is 12.6 Å². The molecule has 3 atom stereocenters. The molecule has 1 saturated heterocycles. The van der Waals surface area contributed by atoms with Gasteiger partial charge in [-0.2, -0.15) is 0 Å². The van der Waals surface area contributed by atoms with Crippen LogP contribution in [0.25, 0.3) is 0 Å². The van der Waals surface area contributed by atoms with Crippen molar-refractivity contribution in [3.8, 4) is 0 Å². The van der Waals surface area contributed by atoms with Crippen molar-refractivity contribution in [2.45, 2.75) is 57.1 Å². The standard InChI is InChI=1S/C25H34B2N2O3/c1-3-4-5-8-32-24-11-17(2)22(16-27-24)29-25-14-19(20-13-23(30)26-15-20)12-21(28-25)18-6-9-31-10-7-18/h3,13,15-16,18-19,24-25,29-30H,1-2,4-12,14H2. The first kappa shape index (κ1) is 23.2. The molecule has 0 aromatic rings. The summed E-state index contributed by atoms with van der Waals surface area (Å²) in [6, 6.07) is 0.0885. The van der Waals surface area contributed by atoms with Crippen molar-refractivity contribution in [3.63, 3.8) is 0 Å². The lowest BCUT2D eigenvalue weighted by molar-refractivity contribution is 0.0817. The average molecular weight is 432 g/mol. The fourth-order valence-corrected chi connectivity index (χ4v) is 4.91. The number of nitrogens with one attached hydrogen (secondary N) is 1. The zero-order valence-electron chi connectivity index (χ0n) is 19.0. The number of nitrogens with zero attached hydrogens (tertiary/aromatic N) is 1. The van der Waals surface area contributed by atoms with Crippen molar-refractivity contribution in [2.75, 3.05) is 19.8 Å². The SMILES string of the molecule is C=CCCCOC1[B]C=C(NC2CC(C3=C[B]C(O)=C3)CC(C3CCOCC3)=N2)C(=C)C1. The summed E-state index contributed by atoms with van der Waals surface area (Å²) >= 11 is 0. The first-order chi connectivity index (χ1) is 15.6. The molecular formula is C25H34B2N2O3. The number of unbranched alkanes of at least 4 members (excludes halogenated alkanes) is 1. The number of allylic oxidation sites excluding steroid dienone is 4. The van der Waals surface area contributed by atoms with E-state index in [1.54, 1.807) is 7.28 Å². The van der Waals surface area contributed by atoms with E-state index in [1.165, 1.54) is 11.3 Å². The van der Waals surface area contributed by atoms with Gasteiger partial charge in [0, 0.05) is 43.2 Å². The fourth-order valence-electron chi connectivity index (χ4n) is 4.91. The molecule has 2 radical (unpaired) electrons. The second-order valence-corrected chi connectivity index (χ2v) is 9.13. The van der Waals surface area contributed by atoms with Gasteiger partial charge in [0.1, 0.15) is 6.17 Å². The monoisotopic (exact) mass is 432 g/mol. The maximum absolute atomic E-state index is 9.87. The van der Waals surface area contributed by atoms with Crippen molar-refractivity contribution in [1.29, 1.82) is 0 Å². The van der Waals surface area contributed by atoms with Gasteiger partial charge in [-0.25, -0.2) is 0 Å². The van der Waals surface area contributed by atoms with Gasteiger partial charge in [-0.1, -0.05) is 24.2 Å². The Labute approximate surface area is 193 Å². The highest BCUT2D eigenvalue weighted by atomic mass is 16.5. The summed E-state index contributed by atoms with van der Waals surface area (Å²) in [7, 11) is 3.91. The van der Waals surface area contributed by atoms with Crippen molar-refractivity contribution >= 4 is 20.3 Å². The molecule has 0 aliphatic carbocycles. The molecule has 0 amide bonds. The summed E-state index contributed by atoms with van der Waals surface area (Å²) in [5.41, 5.74) is 4.96. The predicted molar refractivity (Wildman–Crippen MR) is 132 cm³/mol. The molecule has 168 valence electrons. The van der Waals surface area contributed by atoms with E-state index in [4.69, 9.17) is 14.5 Å². The van der Waals surface area contributed by atoms with Crippen LogP contribution in [0.1, 0.15) is 44.9 Å². The lowest BCUT2D eigenvalue weighted by Crippen LogP contribution is -2.39. The largest absolute Gasteiger partial charge is 0.523 e. The zero-order chi connectivity index (χ0) is 22.3. The minimum absolute atomic E-state index is 0.00472. The Morgan fingerprint density at radius 3 is 2.81 bits per heavy atom. The van der Waals surface area contributed by atoms with Crippen LogP contribution in [0.2, 0.25) is 0 Å². The lowest BCUT2D eigenvalue weighted by Gasteiger charge is -2.35. The van der Waals surface area contributed by atoms with Crippen molar-refractivity contribution in [3.05, 3.63) is 59.8 Å². The molecule has 0 saturated carbocycles. The molecule has 4 aliphatic heterocycles. The molecule has 4 heterocycles. The van der Waals surface area contributed by atoms with E-state index < -0.39 is 0 Å². The third-order valence-electron chi connectivity index (χ3n) is 6.72. The minimum atomic E-state index is 0.00472.